The highest BCUT2D eigenvalue weighted by atomic mass is 16.2. The molecule has 3 fully saturated rings. The highest BCUT2D eigenvalue weighted by Gasteiger charge is 2.46. The van der Waals surface area contributed by atoms with Gasteiger partial charge in [-0.1, -0.05) is 26.2 Å². The van der Waals surface area contributed by atoms with Gasteiger partial charge in [0, 0.05) is 6.54 Å². The van der Waals surface area contributed by atoms with E-state index in [0.717, 1.165) is 25.8 Å². The maximum Gasteiger partial charge on any atom is 0.245 e. The molecular weight excluding hydrogens is 252 g/mol. The van der Waals surface area contributed by atoms with Gasteiger partial charge in [-0.25, -0.2) is 0 Å². The maximum absolute atomic E-state index is 12.7. The molecule has 1 aliphatic heterocycles. The third-order valence-electron chi connectivity index (χ3n) is 5.58. The molecule has 0 spiro atoms. The van der Waals surface area contributed by atoms with Crippen LogP contribution in [-0.4, -0.2) is 35.8 Å². The molecule has 1 atom stereocenters. The average Bonchev–Trinajstić information content (AvgIpc) is 3.24. The molecule has 1 heterocycles. The molecule has 1 unspecified atom stereocenters. The first-order chi connectivity index (χ1) is 9.63. The number of hydrogen-bond acceptors (Lipinski definition) is 2. The minimum atomic E-state index is -0.246. The molecule has 4 nitrogen and oxygen atoms in total. The van der Waals surface area contributed by atoms with Crippen molar-refractivity contribution in [2.45, 2.75) is 64.3 Å². The summed E-state index contributed by atoms with van der Waals surface area (Å²) in [6.45, 7) is 3.25. The molecule has 4 heteroatoms. The van der Waals surface area contributed by atoms with Crippen LogP contribution in [0.2, 0.25) is 0 Å². The van der Waals surface area contributed by atoms with Gasteiger partial charge < -0.3 is 10.2 Å². The fourth-order valence-corrected chi connectivity index (χ4v) is 3.85. The lowest BCUT2D eigenvalue weighted by Gasteiger charge is -2.39. The van der Waals surface area contributed by atoms with E-state index in [1.165, 1.54) is 32.1 Å². The van der Waals surface area contributed by atoms with Crippen molar-refractivity contribution in [2.75, 3.05) is 13.1 Å². The fourth-order valence-electron chi connectivity index (χ4n) is 3.85. The lowest BCUT2D eigenvalue weighted by atomic mass is 9.82. The molecule has 1 N–H and O–H groups in total. The van der Waals surface area contributed by atoms with Gasteiger partial charge in [0.2, 0.25) is 11.8 Å². The molecule has 0 bridgehead atoms. The first-order valence-electron chi connectivity index (χ1n) is 8.22. The van der Waals surface area contributed by atoms with Gasteiger partial charge in [0.15, 0.2) is 0 Å². The molecule has 0 aromatic carbocycles. The molecule has 3 rings (SSSR count). The summed E-state index contributed by atoms with van der Waals surface area (Å²) >= 11 is 0. The zero-order valence-electron chi connectivity index (χ0n) is 12.5. The molecule has 2 amide bonds. The van der Waals surface area contributed by atoms with E-state index in [2.05, 4.69) is 12.2 Å². The highest BCUT2D eigenvalue weighted by molar-refractivity contribution is 5.95. The molecule has 112 valence electrons. The predicted octanol–water partition coefficient (Wildman–Crippen LogP) is 2.08. The van der Waals surface area contributed by atoms with E-state index >= 15 is 0 Å². The number of nitrogens with one attached hydrogen (secondary N) is 1. The van der Waals surface area contributed by atoms with Crippen LogP contribution in [0, 0.1) is 11.3 Å². The van der Waals surface area contributed by atoms with E-state index in [1.54, 1.807) is 0 Å². The molecule has 0 radical (unpaired) electrons. The van der Waals surface area contributed by atoms with Gasteiger partial charge in [-0.2, -0.15) is 0 Å². The number of amides is 2. The van der Waals surface area contributed by atoms with Gasteiger partial charge in [-0.15, -0.1) is 0 Å². The zero-order valence-corrected chi connectivity index (χ0v) is 12.5. The van der Waals surface area contributed by atoms with Crippen molar-refractivity contribution in [2.24, 2.45) is 11.3 Å². The van der Waals surface area contributed by atoms with Crippen molar-refractivity contribution in [3.63, 3.8) is 0 Å². The number of hydrogen-bond donors (Lipinski definition) is 1. The molecule has 3 aliphatic rings. The SMILES string of the molecule is CCC1(CN2CC(=O)NC(C3CCCCC3)C2=O)CC1. The Kier molecular flexibility index (Phi) is 3.74. The third kappa shape index (κ3) is 2.70. The van der Waals surface area contributed by atoms with E-state index in [1.807, 2.05) is 4.90 Å². The number of rotatable bonds is 4. The van der Waals surface area contributed by atoms with Crippen LogP contribution in [-0.2, 0) is 9.59 Å². The smallest absolute Gasteiger partial charge is 0.245 e. The molecule has 0 aromatic rings. The highest BCUT2D eigenvalue weighted by Crippen LogP contribution is 2.49. The van der Waals surface area contributed by atoms with Crippen molar-refractivity contribution < 1.29 is 9.59 Å². The van der Waals surface area contributed by atoms with Gasteiger partial charge in [0.1, 0.15) is 6.04 Å². The van der Waals surface area contributed by atoms with Crippen molar-refractivity contribution in [1.29, 1.82) is 0 Å². The molecule has 1 saturated heterocycles. The minimum absolute atomic E-state index is 0.0343. The van der Waals surface area contributed by atoms with Gasteiger partial charge in [0.05, 0.1) is 6.54 Å². The largest absolute Gasteiger partial charge is 0.342 e. The zero-order chi connectivity index (χ0) is 14.2. The van der Waals surface area contributed by atoms with Crippen LogP contribution in [0.5, 0.6) is 0 Å². The second-order valence-electron chi connectivity index (χ2n) is 6.99. The van der Waals surface area contributed by atoms with Gasteiger partial charge in [0.25, 0.3) is 0 Å². The van der Waals surface area contributed by atoms with E-state index in [-0.39, 0.29) is 24.4 Å². The monoisotopic (exact) mass is 278 g/mol. The second-order valence-corrected chi connectivity index (χ2v) is 6.99. The summed E-state index contributed by atoms with van der Waals surface area (Å²) in [7, 11) is 0. The summed E-state index contributed by atoms with van der Waals surface area (Å²) in [6.07, 6.45) is 9.38. The van der Waals surface area contributed by atoms with Crippen LogP contribution in [0.1, 0.15) is 58.3 Å². The Hall–Kier alpha value is -1.06. The van der Waals surface area contributed by atoms with E-state index in [4.69, 9.17) is 0 Å². The number of carbonyl (C=O) groups is 2. The maximum atomic E-state index is 12.7. The Morgan fingerprint density at radius 2 is 1.90 bits per heavy atom. The van der Waals surface area contributed by atoms with Crippen LogP contribution < -0.4 is 5.32 Å². The van der Waals surface area contributed by atoms with Gasteiger partial charge in [-0.05, 0) is 43.4 Å². The van der Waals surface area contributed by atoms with E-state index in [0.29, 0.717) is 11.3 Å². The van der Waals surface area contributed by atoms with Gasteiger partial charge in [-0.3, -0.25) is 9.59 Å². The van der Waals surface area contributed by atoms with E-state index in [9.17, 15) is 9.59 Å². The van der Waals surface area contributed by atoms with Crippen molar-refractivity contribution in [3.05, 3.63) is 0 Å². The number of piperazine rings is 1. The topological polar surface area (TPSA) is 49.4 Å². The summed E-state index contributed by atoms with van der Waals surface area (Å²) in [5, 5.41) is 2.96. The summed E-state index contributed by atoms with van der Waals surface area (Å²) < 4.78 is 0. The Balaban J connectivity index is 1.68. The van der Waals surface area contributed by atoms with Crippen molar-refractivity contribution in [1.82, 2.24) is 10.2 Å². The molecule has 0 aromatic heterocycles. The molecule has 20 heavy (non-hydrogen) atoms. The first-order valence-corrected chi connectivity index (χ1v) is 8.22. The normalized spacial score (nSPS) is 30.2. The number of nitrogens with zero attached hydrogens (tertiary/aromatic N) is 1. The summed E-state index contributed by atoms with van der Waals surface area (Å²) in [4.78, 5) is 26.5. The van der Waals surface area contributed by atoms with E-state index < -0.39 is 0 Å². The predicted molar refractivity (Wildman–Crippen MR) is 77.0 cm³/mol. The van der Waals surface area contributed by atoms with Crippen molar-refractivity contribution >= 4 is 11.8 Å². The molecule has 2 saturated carbocycles. The summed E-state index contributed by atoms with van der Waals surface area (Å²) in [5.41, 5.74) is 0.324. The Morgan fingerprint density at radius 3 is 2.50 bits per heavy atom. The Bertz CT molecular complexity index is 397. The molecular formula is C16H26N2O2. The molecule has 2 aliphatic carbocycles. The minimum Gasteiger partial charge on any atom is -0.342 e. The van der Waals surface area contributed by atoms with Gasteiger partial charge >= 0.3 is 0 Å². The number of carbonyl (C=O) groups excluding carboxylic acids is 2. The van der Waals surface area contributed by atoms with Crippen LogP contribution in [0.15, 0.2) is 0 Å². The average molecular weight is 278 g/mol. The standard InChI is InChI=1S/C16H26N2O2/c1-2-16(8-9-16)11-18-10-13(19)17-14(15(18)20)12-6-4-3-5-7-12/h12,14H,2-11H2,1H3,(H,17,19). The summed E-state index contributed by atoms with van der Waals surface area (Å²) in [6, 6.07) is -0.246. The van der Waals surface area contributed by atoms with Crippen LogP contribution in [0.25, 0.3) is 0 Å². The van der Waals surface area contributed by atoms with Crippen LogP contribution in [0.4, 0.5) is 0 Å². The quantitative estimate of drug-likeness (QED) is 0.856. The van der Waals surface area contributed by atoms with Crippen LogP contribution in [0.3, 0.4) is 0 Å². The van der Waals surface area contributed by atoms with Crippen molar-refractivity contribution in [3.8, 4) is 0 Å². The lowest BCUT2D eigenvalue weighted by Crippen LogP contribution is -2.61. The first kappa shape index (κ1) is 13.9. The Labute approximate surface area is 121 Å². The Morgan fingerprint density at radius 1 is 1.20 bits per heavy atom. The van der Waals surface area contributed by atoms with Crippen LogP contribution >= 0.6 is 0 Å². The fraction of sp³-hybridized carbons (Fsp3) is 0.875. The lowest BCUT2D eigenvalue weighted by molar-refractivity contribution is -0.147. The third-order valence-corrected chi connectivity index (χ3v) is 5.58. The second kappa shape index (κ2) is 5.38. The summed E-state index contributed by atoms with van der Waals surface area (Å²) in [5.74, 6) is 0.572.